The van der Waals surface area contributed by atoms with Crippen molar-refractivity contribution in [3.63, 3.8) is 0 Å². The fourth-order valence-electron chi connectivity index (χ4n) is 3.04. The number of halogens is 1. The van der Waals surface area contributed by atoms with Gasteiger partial charge in [-0.05, 0) is 56.2 Å². The van der Waals surface area contributed by atoms with Crippen molar-refractivity contribution in [1.29, 1.82) is 0 Å². The lowest BCUT2D eigenvalue weighted by Crippen LogP contribution is -2.48. The van der Waals surface area contributed by atoms with Gasteiger partial charge in [0, 0.05) is 24.3 Å². The zero-order valence-corrected chi connectivity index (χ0v) is 13.5. The molecule has 0 radical (unpaired) electrons. The van der Waals surface area contributed by atoms with E-state index >= 15 is 0 Å². The van der Waals surface area contributed by atoms with E-state index in [1.165, 1.54) is 23.1 Å². The molecule has 1 N–H and O–H groups in total. The molecule has 6 heteroatoms. The number of nitrogens with zero attached hydrogens (tertiary/aromatic N) is 1. The topological polar surface area (TPSA) is 66.8 Å². The summed E-state index contributed by atoms with van der Waals surface area (Å²) in [5, 5.41) is 9.30. The first kappa shape index (κ1) is 16.9. The van der Waals surface area contributed by atoms with Gasteiger partial charge in [0.05, 0.1) is 6.61 Å². The van der Waals surface area contributed by atoms with Crippen LogP contribution in [0.5, 0.6) is 0 Å². The van der Waals surface area contributed by atoms with Crippen molar-refractivity contribution < 1.29 is 23.8 Å². The van der Waals surface area contributed by atoms with Gasteiger partial charge >= 0.3 is 5.97 Å². The first-order valence-electron chi connectivity index (χ1n) is 8.46. The maximum Gasteiger partial charge on any atom is 0.326 e. The average molecular weight is 335 g/mol. The Hall–Kier alpha value is -1.95. The number of piperidine rings is 1. The number of rotatable bonds is 6. The summed E-state index contributed by atoms with van der Waals surface area (Å²) in [5.74, 6) is -1.16. The minimum absolute atomic E-state index is 0.131. The molecule has 1 saturated carbocycles. The number of amides is 1. The molecule has 5 nitrogen and oxygen atoms in total. The fourth-order valence-corrected chi connectivity index (χ4v) is 3.04. The van der Waals surface area contributed by atoms with E-state index in [1.807, 2.05) is 0 Å². The SMILES string of the molecule is O=C(O)C1CCCCN1C(=O)c1ccc(F)c(COCC2CC2)c1. The number of carboxylic acid groups (broad SMARTS) is 1. The van der Waals surface area contributed by atoms with E-state index in [9.17, 15) is 19.1 Å². The van der Waals surface area contributed by atoms with Crippen LogP contribution in [-0.4, -0.2) is 41.1 Å². The lowest BCUT2D eigenvalue weighted by atomic mass is 10.0. The van der Waals surface area contributed by atoms with Crippen molar-refractivity contribution in [2.24, 2.45) is 5.92 Å². The van der Waals surface area contributed by atoms with E-state index in [1.54, 1.807) is 0 Å². The fraction of sp³-hybridized carbons (Fsp3) is 0.556. The van der Waals surface area contributed by atoms with E-state index in [4.69, 9.17) is 4.74 Å². The van der Waals surface area contributed by atoms with Crippen molar-refractivity contribution in [2.75, 3.05) is 13.2 Å². The molecule has 2 fully saturated rings. The summed E-state index contributed by atoms with van der Waals surface area (Å²) in [4.78, 5) is 25.4. The number of carbonyl (C=O) groups excluding carboxylic acids is 1. The van der Waals surface area contributed by atoms with E-state index < -0.39 is 17.8 Å². The minimum Gasteiger partial charge on any atom is -0.480 e. The second-order valence-corrected chi connectivity index (χ2v) is 6.61. The molecule has 1 aromatic carbocycles. The highest BCUT2D eigenvalue weighted by atomic mass is 19.1. The number of likely N-dealkylation sites (tertiary alicyclic amines) is 1. The number of ether oxygens (including phenoxy) is 1. The van der Waals surface area contributed by atoms with Crippen molar-refractivity contribution in [1.82, 2.24) is 4.90 Å². The van der Waals surface area contributed by atoms with Gasteiger partial charge in [-0.25, -0.2) is 9.18 Å². The molecule has 1 unspecified atom stereocenters. The van der Waals surface area contributed by atoms with Gasteiger partial charge in [-0.1, -0.05) is 0 Å². The largest absolute Gasteiger partial charge is 0.480 e. The van der Waals surface area contributed by atoms with Gasteiger partial charge in [0.1, 0.15) is 11.9 Å². The third-order valence-corrected chi connectivity index (χ3v) is 4.65. The summed E-state index contributed by atoms with van der Waals surface area (Å²) in [5.41, 5.74) is 0.653. The zero-order chi connectivity index (χ0) is 17.1. The van der Waals surface area contributed by atoms with E-state index in [0.717, 1.165) is 25.7 Å². The second kappa shape index (κ2) is 7.30. The summed E-state index contributed by atoms with van der Waals surface area (Å²) in [6.07, 6.45) is 4.36. The Morgan fingerprint density at radius 2 is 2.04 bits per heavy atom. The molecule has 1 heterocycles. The Morgan fingerprint density at radius 3 is 2.75 bits per heavy atom. The molecule has 0 bridgehead atoms. The second-order valence-electron chi connectivity index (χ2n) is 6.61. The molecule has 0 spiro atoms. The highest BCUT2D eigenvalue weighted by Crippen LogP contribution is 2.29. The highest BCUT2D eigenvalue weighted by molar-refractivity contribution is 5.96. The molecule has 1 aromatic rings. The maximum atomic E-state index is 13.9. The van der Waals surface area contributed by atoms with Gasteiger partial charge in [-0.15, -0.1) is 0 Å². The molecule has 2 aliphatic rings. The molecule has 3 rings (SSSR count). The molecule has 1 atom stereocenters. The van der Waals surface area contributed by atoms with Crippen LogP contribution in [0.3, 0.4) is 0 Å². The normalized spacial score (nSPS) is 20.9. The van der Waals surface area contributed by atoms with Crippen LogP contribution in [0.1, 0.15) is 48.0 Å². The molecular weight excluding hydrogens is 313 g/mol. The number of hydrogen-bond donors (Lipinski definition) is 1. The molecule has 24 heavy (non-hydrogen) atoms. The van der Waals surface area contributed by atoms with E-state index in [-0.39, 0.29) is 12.5 Å². The lowest BCUT2D eigenvalue weighted by molar-refractivity contribution is -0.143. The van der Waals surface area contributed by atoms with Crippen LogP contribution < -0.4 is 0 Å². The Bertz CT molecular complexity index is 629. The maximum absolute atomic E-state index is 13.9. The van der Waals surface area contributed by atoms with Crippen LogP contribution in [0.15, 0.2) is 18.2 Å². The predicted octanol–water partition coefficient (Wildman–Crippen LogP) is 2.83. The summed E-state index contributed by atoms with van der Waals surface area (Å²) < 4.78 is 19.4. The van der Waals surface area contributed by atoms with Crippen LogP contribution in [0, 0.1) is 11.7 Å². The Labute approximate surface area is 140 Å². The molecule has 1 saturated heterocycles. The third kappa shape index (κ3) is 3.93. The Morgan fingerprint density at radius 1 is 1.25 bits per heavy atom. The van der Waals surface area contributed by atoms with Crippen LogP contribution >= 0.6 is 0 Å². The summed E-state index contributed by atoms with van der Waals surface area (Å²) in [7, 11) is 0. The van der Waals surface area contributed by atoms with E-state index in [0.29, 0.717) is 36.6 Å². The molecule has 1 amide bonds. The standard InChI is InChI=1S/C18H22FNO4/c19-15-7-6-13(9-14(15)11-24-10-12-4-5-12)17(21)20-8-2-1-3-16(20)18(22)23/h6-7,9,12,16H,1-5,8,10-11H2,(H,22,23). The summed E-state index contributed by atoms with van der Waals surface area (Å²) >= 11 is 0. The molecule has 130 valence electrons. The molecule has 1 aliphatic carbocycles. The number of hydrogen-bond acceptors (Lipinski definition) is 3. The van der Waals surface area contributed by atoms with Gasteiger partial charge in [0.25, 0.3) is 5.91 Å². The quantitative estimate of drug-likeness (QED) is 0.868. The third-order valence-electron chi connectivity index (χ3n) is 4.65. The van der Waals surface area contributed by atoms with Crippen LogP contribution in [-0.2, 0) is 16.1 Å². The van der Waals surface area contributed by atoms with Crippen molar-refractivity contribution >= 4 is 11.9 Å². The summed E-state index contributed by atoms with van der Waals surface area (Å²) in [6.45, 7) is 1.16. The molecule has 0 aromatic heterocycles. The van der Waals surface area contributed by atoms with Crippen LogP contribution in [0.2, 0.25) is 0 Å². The van der Waals surface area contributed by atoms with Gasteiger partial charge in [0.2, 0.25) is 0 Å². The number of benzene rings is 1. The number of carbonyl (C=O) groups is 2. The van der Waals surface area contributed by atoms with Crippen LogP contribution in [0.25, 0.3) is 0 Å². The van der Waals surface area contributed by atoms with Crippen molar-refractivity contribution in [3.8, 4) is 0 Å². The predicted molar refractivity (Wildman–Crippen MR) is 85.1 cm³/mol. The van der Waals surface area contributed by atoms with Gasteiger partial charge < -0.3 is 14.7 Å². The van der Waals surface area contributed by atoms with Gasteiger partial charge in [-0.2, -0.15) is 0 Å². The highest BCUT2D eigenvalue weighted by Gasteiger charge is 2.32. The molecule has 1 aliphatic heterocycles. The number of carboxylic acids is 1. The number of aliphatic carboxylic acids is 1. The first-order chi connectivity index (χ1) is 11.6. The van der Waals surface area contributed by atoms with Crippen molar-refractivity contribution in [2.45, 2.75) is 44.8 Å². The lowest BCUT2D eigenvalue weighted by Gasteiger charge is -2.33. The van der Waals surface area contributed by atoms with E-state index in [2.05, 4.69) is 0 Å². The zero-order valence-electron chi connectivity index (χ0n) is 13.5. The van der Waals surface area contributed by atoms with Crippen LogP contribution in [0.4, 0.5) is 4.39 Å². The Kier molecular flexibility index (Phi) is 5.14. The first-order valence-corrected chi connectivity index (χ1v) is 8.46. The monoisotopic (exact) mass is 335 g/mol. The molecular formula is C18H22FNO4. The van der Waals surface area contributed by atoms with Gasteiger partial charge in [0.15, 0.2) is 0 Å². The van der Waals surface area contributed by atoms with Gasteiger partial charge in [-0.3, -0.25) is 4.79 Å². The Balaban J connectivity index is 1.72. The smallest absolute Gasteiger partial charge is 0.326 e. The van der Waals surface area contributed by atoms with Crippen molar-refractivity contribution in [3.05, 3.63) is 35.1 Å². The summed E-state index contributed by atoms with van der Waals surface area (Å²) in [6, 6.07) is 3.35. The minimum atomic E-state index is -0.988. The average Bonchev–Trinajstić information content (AvgIpc) is 3.40.